The van der Waals surface area contributed by atoms with E-state index in [4.69, 9.17) is 5.73 Å². The lowest BCUT2D eigenvalue weighted by Crippen LogP contribution is -2.38. The van der Waals surface area contributed by atoms with E-state index in [-0.39, 0.29) is 11.9 Å². The summed E-state index contributed by atoms with van der Waals surface area (Å²) in [4.78, 5) is 13.8. The van der Waals surface area contributed by atoms with Gasteiger partial charge < -0.3 is 11.1 Å². The number of hydrogen-bond acceptors (Lipinski definition) is 3. The molecular weight excluding hydrogens is 294 g/mol. The summed E-state index contributed by atoms with van der Waals surface area (Å²) >= 11 is 3.56. The highest BCUT2D eigenvalue weighted by atomic mass is 79.9. The highest BCUT2D eigenvalue weighted by Gasteiger charge is 2.24. The van der Waals surface area contributed by atoms with E-state index in [1.54, 1.807) is 0 Å². The van der Waals surface area contributed by atoms with Gasteiger partial charge in [-0.25, -0.2) is 0 Å². The molecule has 0 spiro atoms. The molecule has 4 nitrogen and oxygen atoms in total. The quantitative estimate of drug-likeness (QED) is 0.884. The lowest BCUT2D eigenvalue weighted by atomic mass is 10.1. The van der Waals surface area contributed by atoms with Crippen molar-refractivity contribution in [3.63, 3.8) is 0 Å². The first-order chi connectivity index (χ1) is 8.72. The van der Waals surface area contributed by atoms with E-state index in [1.807, 2.05) is 18.2 Å². The van der Waals surface area contributed by atoms with Gasteiger partial charge in [-0.2, -0.15) is 0 Å². The minimum atomic E-state index is 0.0815. The van der Waals surface area contributed by atoms with E-state index in [1.165, 1.54) is 0 Å². The molecule has 1 aliphatic heterocycles. The number of carbonyl (C=O) groups is 1. The van der Waals surface area contributed by atoms with Crippen LogP contribution in [0.25, 0.3) is 0 Å². The second-order valence-corrected chi connectivity index (χ2v) is 5.30. The molecule has 1 aromatic carbocycles. The molecule has 1 unspecified atom stereocenters. The van der Waals surface area contributed by atoms with Gasteiger partial charge in [-0.1, -0.05) is 34.1 Å². The van der Waals surface area contributed by atoms with Crippen molar-refractivity contribution in [2.75, 3.05) is 26.2 Å². The van der Waals surface area contributed by atoms with Gasteiger partial charge in [0, 0.05) is 30.1 Å². The van der Waals surface area contributed by atoms with Crippen molar-refractivity contribution >= 4 is 21.8 Å². The van der Waals surface area contributed by atoms with Crippen LogP contribution in [0, 0.1) is 0 Å². The zero-order valence-electron chi connectivity index (χ0n) is 10.2. The average Bonchev–Trinajstić information content (AvgIpc) is 2.57. The summed E-state index contributed by atoms with van der Waals surface area (Å²) < 4.78 is 1.05. The largest absolute Gasteiger partial charge is 0.355 e. The van der Waals surface area contributed by atoms with Crippen LogP contribution in [-0.2, 0) is 4.79 Å². The smallest absolute Gasteiger partial charge is 0.234 e. The minimum Gasteiger partial charge on any atom is -0.355 e. The molecule has 0 aliphatic carbocycles. The van der Waals surface area contributed by atoms with Crippen molar-refractivity contribution in [2.45, 2.75) is 12.5 Å². The Labute approximate surface area is 116 Å². The molecule has 0 aromatic heterocycles. The Bertz CT molecular complexity index is 424. The van der Waals surface area contributed by atoms with E-state index in [2.05, 4.69) is 32.2 Å². The fraction of sp³-hybridized carbons (Fsp3) is 0.462. The lowest BCUT2D eigenvalue weighted by Gasteiger charge is -2.29. The number of nitrogens with two attached hydrogens (primary N) is 1. The minimum absolute atomic E-state index is 0.0815. The molecule has 3 N–H and O–H groups in total. The molecule has 1 amide bonds. The molecule has 1 atom stereocenters. The van der Waals surface area contributed by atoms with Gasteiger partial charge in [0.2, 0.25) is 5.91 Å². The third-order valence-corrected chi connectivity index (χ3v) is 3.94. The fourth-order valence-corrected chi connectivity index (χ4v) is 2.86. The Kier molecular flexibility index (Phi) is 4.74. The zero-order chi connectivity index (χ0) is 13.0. The second kappa shape index (κ2) is 6.31. The van der Waals surface area contributed by atoms with E-state index >= 15 is 0 Å². The first-order valence-corrected chi connectivity index (χ1v) is 6.97. The molecule has 18 heavy (non-hydrogen) atoms. The number of amides is 1. The molecule has 0 radical (unpaired) electrons. The Morgan fingerprint density at radius 1 is 1.44 bits per heavy atom. The molecule has 0 bridgehead atoms. The van der Waals surface area contributed by atoms with Crippen molar-refractivity contribution in [2.24, 2.45) is 5.73 Å². The summed E-state index contributed by atoms with van der Waals surface area (Å²) in [6.45, 7) is 2.57. The maximum Gasteiger partial charge on any atom is 0.234 e. The van der Waals surface area contributed by atoms with E-state index in [0.29, 0.717) is 13.1 Å². The summed E-state index contributed by atoms with van der Waals surface area (Å²) in [7, 11) is 0. The van der Waals surface area contributed by atoms with Crippen LogP contribution in [0.2, 0.25) is 0 Å². The van der Waals surface area contributed by atoms with Gasteiger partial charge in [-0.05, 0) is 18.1 Å². The van der Waals surface area contributed by atoms with Crippen LogP contribution >= 0.6 is 15.9 Å². The molecule has 1 aromatic rings. The Morgan fingerprint density at radius 3 is 2.94 bits per heavy atom. The van der Waals surface area contributed by atoms with Gasteiger partial charge in [-0.3, -0.25) is 9.69 Å². The van der Waals surface area contributed by atoms with Crippen molar-refractivity contribution < 1.29 is 4.79 Å². The predicted octanol–water partition coefficient (Wildman–Crippen LogP) is 1.27. The van der Waals surface area contributed by atoms with Crippen LogP contribution in [0.1, 0.15) is 18.0 Å². The first-order valence-electron chi connectivity index (χ1n) is 6.17. The molecule has 1 aliphatic rings. The van der Waals surface area contributed by atoms with Crippen LogP contribution in [0.15, 0.2) is 28.7 Å². The number of nitrogens with one attached hydrogen (secondary N) is 1. The van der Waals surface area contributed by atoms with Crippen LogP contribution in [-0.4, -0.2) is 37.0 Å². The van der Waals surface area contributed by atoms with Crippen molar-refractivity contribution in [3.05, 3.63) is 34.3 Å². The fourth-order valence-electron chi connectivity index (χ4n) is 2.31. The van der Waals surface area contributed by atoms with Gasteiger partial charge >= 0.3 is 0 Å². The standard InChI is InChI=1S/C13H18BrN3O/c14-11-5-2-1-4-10(11)12(8-15)17-7-3-6-16-13(18)9-17/h1-2,4-5,12H,3,6-9,15H2,(H,16,18). The van der Waals surface area contributed by atoms with Crippen molar-refractivity contribution in [1.29, 1.82) is 0 Å². The molecule has 2 rings (SSSR count). The van der Waals surface area contributed by atoms with E-state index < -0.39 is 0 Å². The van der Waals surface area contributed by atoms with Gasteiger partial charge in [0.25, 0.3) is 0 Å². The summed E-state index contributed by atoms with van der Waals surface area (Å²) in [5.41, 5.74) is 7.05. The van der Waals surface area contributed by atoms with E-state index in [9.17, 15) is 4.79 Å². The molecule has 5 heteroatoms. The van der Waals surface area contributed by atoms with Crippen LogP contribution < -0.4 is 11.1 Å². The predicted molar refractivity (Wildman–Crippen MR) is 75.1 cm³/mol. The highest BCUT2D eigenvalue weighted by molar-refractivity contribution is 9.10. The second-order valence-electron chi connectivity index (χ2n) is 4.45. The maximum atomic E-state index is 11.6. The maximum absolute atomic E-state index is 11.6. The average molecular weight is 312 g/mol. The van der Waals surface area contributed by atoms with Gasteiger partial charge in [0.1, 0.15) is 0 Å². The molecule has 98 valence electrons. The molecular formula is C13H18BrN3O. The van der Waals surface area contributed by atoms with Gasteiger partial charge in [0.05, 0.1) is 6.54 Å². The summed E-state index contributed by atoms with van der Waals surface area (Å²) in [6.07, 6.45) is 0.965. The number of rotatable bonds is 3. The topological polar surface area (TPSA) is 58.4 Å². The summed E-state index contributed by atoms with van der Waals surface area (Å²) in [5.74, 6) is 0.0815. The van der Waals surface area contributed by atoms with Gasteiger partial charge in [0.15, 0.2) is 0 Å². The Balaban J connectivity index is 2.22. The van der Waals surface area contributed by atoms with Crippen LogP contribution in [0.5, 0.6) is 0 Å². The number of nitrogens with zero attached hydrogens (tertiary/aromatic N) is 1. The molecule has 1 saturated heterocycles. The Hall–Kier alpha value is -0.910. The normalized spacial score (nSPS) is 19.1. The number of benzene rings is 1. The SMILES string of the molecule is NCC(c1ccccc1Br)N1CCCNC(=O)C1. The van der Waals surface area contributed by atoms with Crippen LogP contribution in [0.3, 0.4) is 0 Å². The number of carbonyl (C=O) groups excluding carboxylic acids is 1. The summed E-state index contributed by atoms with van der Waals surface area (Å²) in [6, 6.07) is 8.14. The van der Waals surface area contributed by atoms with E-state index in [0.717, 1.165) is 29.5 Å². The summed E-state index contributed by atoms with van der Waals surface area (Å²) in [5, 5.41) is 2.89. The number of halogens is 1. The van der Waals surface area contributed by atoms with Crippen molar-refractivity contribution in [3.8, 4) is 0 Å². The number of hydrogen-bond donors (Lipinski definition) is 2. The molecule has 0 saturated carbocycles. The lowest BCUT2D eigenvalue weighted by molar-refractivity contribution is -0.121. The molecule has 1 heterocycles. The zero-order valence-corrected chi connectivity index (χ0v) is 11.8. The first kappa shape index (κ1) is 13.5. The van der Waals surface area contributed by atoms with Crippen LogP contribution in [0.4, 0.5) is 0 Å². The van der Waals surface area contributed by atoms with Gasteiger partial charge in [-0.15, -0.1) is 0 Å². The third kappa shape index (κ3) is 3.10. The molecule has 1 fully saturated rings. The third-order valence-electron chi connectivity index (χ3n) is 3.22. The highest BCUT2D eigenvalue weighted by Crippen LogP contribution is 2.27. The Morgan fingerprint density at radius 2 is 2.22 bits per heavy atom. The van der Waals surface area contributed by atoms with Crippen molar-refractivity contribution in [1.82, 2.24) is 10.2 Å². The monoisotopic (exact) mass is 311 g/mol.